The molecule has 0 bridgehead atoms. The third-order valence-electron chi connectivity index (χ3n) is 8.59. The lowest BCUT2D eigenvalue weighted by Crippen LogP contribution is -2.53. The summed E-state index contributed by atoms with van der Waals surface area (Å²) in [5.74, 6) is 2.52. The van der Waals surface area contributed by atoms with Crippen molar-refractivity contribution in [3.63, 3.8) is 0 Å². The van der Waals surface area contributed by atoms with Crippen LogP contribution in [0.4, 0.5) is 23.0 Å². The molecule has 1 N–H and O–H groups in total. The van der Waals surface area contributed by atoms with Gasteiger partial charge in [-0.2, -0.15) is 0 Å². The first-order valence-corrected chi connectivity index (χ1v) is 15.9. The Labute approximate surface area is 235 Å². The Kier molecular flexibility index (Phi) is 7.30. The first kappa shape index (κ1) is 26.8. The monoisotopic (exact) mass is 567 g/mol. The summed E-state index contributed by atoms with van der Waals surface area (Å²) in [7, 11) is -2.99. The molecular formula is C28H37N7O4S. The summed E-state index contributed by atoms with van der Waals surface area (Å²) < 4.78 is 30.2. The quantitative estimate of drug-likeness (QED) is 0.551. The van der Waals surface area contributed by atoms with Crippen molar-refractivity contribution >= 4 is 38.8 Å². The number of rotatable bonds is 4. The molecule has 0 saturated carbocycles. The van der Waals surface area contributed by atoms with Crippen molar-refractivity contribution in [2.75, 3.05) is 79.0 Å². The molecule has 11 nitrogen and oxygen atoms in total. The number of piperazine rings is 1. The lowest BCUT2D eigenvalue weighted by molar-refractivity contribution is -0.127. The Bertz CT molecular complexity index is 1390. The molecule has 5 heterocycles. The van der Waals surface area contributed by atoms with E-state index >= 15 is 0 Å². The summed E-state index contributed by atoms with van der Waals surface area (Å²) in [5, 5.41) is 3.50. The van der Waals surface area contributed by atoms with E-state index in [2.05, 4.69) is 50.7 Å². The average Bonchev–Trinajstić information content (AvgIpc) is 3.17. The zero-order chi connectivity index (χ0) is 27.9. The van der Waals surface area contributed by atoms with Crippen molar-refractivity contribution in [2.45, 2.75) is 32.4 Å². The van der Waals surface area contributed by atoms with E-state index in [1.807, 2.05) is 9.80 Å². The van der Waals surface area contributed by atoms with E-state index in [-0.39, 0.29) is 17.4 Å². The number of likely N-dealkylation sites (tertiary alicyclic amines) is 1. The van der Waals surface area contributed by atoms with Gasteiger partial charge in [0.1, 0.15) is 30.3 Å². The summed E-state index contributed by atoms with van der Waals surface area (Å²) in [4.78, 5) is 29.9. The molecule has 1 aromatic heterocycles. The fraction of sp³-hybridized carbons (Fsp3) is 0.536. The molecule has 0 unspecified atom stereocenters. The summed E-state index contributed by atoms with van der Waals surface area (Å²) >= 11 is 0. The van der Waals surface area contributed by atoms with Gasteiger partial charge in [-0.3, -0.25) is 9.69 Å². The first-order chi connectivity index (χ1) is 19.3. The van der Waals surface area contributed by atoms with Crippen LogP contribution in [-0.2, 0) is 21.2 Å². The lowest BCUT2D eigenvalue weighted by atomic mass is 10.0. The van der Waals surface area contributed by atoms with Gasteiger partial charge in [-0.05, 0) is 43.5 Å². The van der Waals surface area contributed by atoms with Gasteiger partial charge < -0.3 is 24.8 Å². The van der Waals surface area contributed by atoms with Crippen LogP contribution in [-0.4, -0.2) is 104 Å². The van der Waals surface area contributed by atoms with Crippen LogP contribution < -0.4 is 19.9 Å². The number of fused-ring (bicyclic) bond motifs is 2. The molecule has 2 aromatic rings. The standard InChI is InChI=1S/C28H37N7O4S/c1-3-25(36)34-6-4-21(5-7-34)32-8-10-33(11-9-32)22-16-20(2)26-24(17-22)31-27-23(18-39-26)28(30-19-29-27)35-12-14-40(37,38)15-13-35/h3,16-17,19,21H,1,4-15,18H2,2H3,(H,29,30,31). The van der Waals surface area contributed by atoms with Crippen molar-refractivity contribution in [3.05, 3.63) is 42.2 Å². The van der Waals surface area contributed by atoms with Crippen molar-refractivity contribution < 1.29 is 17.9 Å². The highest BCUT2D eigenvalue weighted by molar-refractivity contribution is 7.91. The Morgan fingerprint density at radius 3 is 2.45 bits per heavy atom. The minimum absolute atomic E-state index is 0.0340. The van der Waals surface area contributed by atoms with Gasteiger partial charge in [0.05, 0.1) is 22.8 Å². The molecular weight excluding hydrogens is 530 g/mol. The second-order valence-electron chi connectivity index (χ2n) is 11.0. The molecule has 0 aliphatic carbocycles. The van der Waals surface area contributed by atoms with E-state index in [1.165, 1.54) is 12.4 Å². The van der Waals surface area contributed by atoms with Crippen molar-refractivity contribution in [1.82, 2.24) is 19.8 Å². The number of amides is 1. The number of aryl methyl sites for hydroxylation is 1. The number of sulfone groups is 1. The summed E-state index contributed by atoms with van der Waals surface area (Å²) in [6.45, 7) is 12.3. The van der Waals surface area contributed by atoms with E-state index < -0.39 is 9.84 Å². The number of benzene rings is 1. The number of anilines is 4. The summed E-state index contributed by atoms with van der Waals surface area (Å²) in [6, 6.07) is 4.85. The van der Waals surface area contributed by atoms with E-state index in [9.17, 15) is 13.2 Å². The molecule has 3 fully saturated rings. The highest BCUT2D eigenvalue weighted by Gasteiger charge is 2.30. The molecule has 0 atom stereocenters. The minimum Gasteiger partial charge on any atom is -0.486 e. The number of nitrogens with one attached hydrogen (secondary N) is 1. The number of nitrogens with zero attached hydrogens (tertiary/aromatic N) is 6. The molecule has 4 aliphatic heterocycles. The van der Waals surface area contributed by atoms with Crippen LogP contribution in [0.1, 0.15) is 24.0 Å². The number of hydrogen-bond acceptors (Lipinski definition) is 10. The number of aromatic nitrogens is 2. The van der Waals surface area contributed by atoms with Gasteiger partial charge in [-0.15, -0.1) is 0 Å². The Morgan fingerprint density at radius 1 is 1.02 bits per heavy atom. The maximum Gasteiger partial charge on any atom is 0.245 e. The predicted octanol–water partition coefficient (Wildman–Crippen LogP) is 1.95. The van der Waals surface area contributed by atoms with Gasteiger partial charge in [0.15, 0.2) is 9.84 Å². The number of carbonyl (C=O) groups is 1. The lowest BCUT2D eigenvalue weighted by Gasteiger charge is -2.43. The summed E-state index contributed by atoms with van der Waals surface area (Å²) in [5.41, 5.74) is 3.92. The fourth-order valence-electron chi connectivity index (χ4n) is 6.26. The molecule has 6 rings (SSSR count). The molecule has 3 saturated heterocycles. The Balaban J connectivity index is 1.14. The molecule has 1 amide bonds. The molecule has 4 aliphatic rings. The Morgan fingerprint density at radius 2 is 1.75 bits per heavy atom. The molecule has 40 heavy (non-hydrogen) atoms. The first-order valence-electron chi connectivity index (χ1n) is 14.1. The largest absolute Gasteiger partial charge is 0.486 e. The maximum atomic E-state index is 11.9. The zero-order valence-electron chi connectivity index (χ0n) is 23.0. The molecule has 12 heteroatoms. The van der Waals surface area contributed by atoms with Crippen molar-refractivity contribution in [3.8, 4) is 5.75 Å². The van der Waals surface area contributed by atoms with Crippen LogP contribution in [0.3, 0.4) is 0 Å². The van der Waals surface area contributed by atoms with Crippen molar-refractivity contribution in [2.24, 2.45) is 0 Å². The van der Waals surface area contributed by atoms with Crippen LogP contribution in [0.2, 0.25) is 0 Å². The van der Waals surface area contributed by atoms with Crippen LogP contribution >= 0.6 is 0 Å². The molecule has 0 spiro atoms. The second-order valence-corrected chi connectivity index (χ2v) is 13.3. The van der Waals surface area contributed by atoms with Crippen LogP contribution in [0, 0.1) is 6.92 Å². The normalized spacial score (nSPS) is 21.5. The summed E-state index contributed by atoms with van der Waals surface area (Å²) in [6.07, 6.45) is 4.96. The highest BCUT2D eigenvalue weighted by atomic mass is 32.2. The van der Waals surface area contributed by atoms with Gasteiger partial charge in [-0.25, -0.2) is 18.4 Å². The number of carbonyl (C=O) groups excluding carboxylic acids is 1. The maximum absolute atomic E-state index is 11.9. The fourth-order valence-corrected chi connectivity index (χ4v) is 7.46. The minimum atomic E-state index is -2.99. The number of hydrogen-bond donors (Lipinski definition) is 1. The number of piperidine rings is 1. The third kappa shape index (κ3) is 5.34. The zero-order valence-corrected chi connectivity index (χ0v) is 23.8. The highest BCUT2D eigenvalue weighted by Crippen LogP contribution is 2.41. The SMILES string of the molecule is C=CC(=O)N1CCC(N2CCN(c3cc(C)c4c(c3)Nc3ncnc(N5CCS(=O)(=O)CC5)c3CO4)CC2)CC1. The topological polar surface area (TPSA) is 111 Å². The van der Waals surface area contributed by atoms with E-state index in [0.29, 0.717) is 31.6 Å². The van der Waals surface area contributed by atoms with Crippen molar-refractivity contribution in [1.29, 1.82) is 0 Å². The predicted molar refractivity (Wildman–Crippen MR) is 155 cm³/mol. The van der Waals surface area contributed by atoms with Gasteiger partial charge in [0.2, 0.25) is 5.91 Å². The Hall–Kier alpha value is -3.38. The third-order valence-corrected chi connectivity index (χ3v) is 10.2. The van der Waals surface area contributed by atoms with Gasteiger partial charge in [-0.1, -0.05) is 6.58 Å². The molecule has 214 valence electrons. The van der Waals surface area contributed by atoms with Crippen LogP contribution in [0.5, 0.6) is 5.75 Å². The average molecular weight is 568 g/mol. The van der Waals surface area contributed by atoms with Gasteiger partial charge in [0, 0.05) is 64.1 Å². The molecule has 1 aromatic carbocycles. The van der Waals surface area contributed by atoms with Crippen LogP contribution in [0.15, 0.2) is 31.1 Å². The molecule has 0 radical (unpaired) electrons. The van der Waals surface area contributed by atoms with E-state index in [1.54, 1.807) is 0 Å². The van der Waals surface area contributed by atoms with E-state index in [4.69, 9.17) is 4.74 Å². The van der Waals surface area contributed by atoms with Crippen LogP contribution in [0.25, 0.3) is 0 Å². The van der Waals surface area contributed by atoms with Gasteiger partial charge >= 0.3 is 0 Å². The second kappa shape index (κ2) is 10.9. The van der Waals surface area contributed by atoms with E-state index in [0.717, 1.165) is 86.2 Å². The smallest absolute Gasteiger partial charge is 0.245 e. The van der Waals surface area contributed by atoms with Gasteiger partial charge in [0.25, 0.3) is 0 Å². The number of ether oxygens (including phenoxy) is 1.